The van der Waals surface area contributed by atoms with Gasteiger partial charge in [-0.25, -0.2) is 0 Å². The lowest BCUT2D eigenvalue weighted by atomic mass is 10.1. The fourth-order valence-corrected chi connectivity index (χ4v) is 4.33. The minimum atomic E-state index is -0.460. The fraction of sp³-hybridized carbons (Fsp3) is 0.385. The maximum atomic E-state index is 12.6. The molecule has 3 aromatic rings. The molecular weight excluding hydrogens is 416 g/mol. The number of piperazine rings is 1. The van der Waals surface area contributed by atoms with Crippen LogP contribution in [0, 0.1) is 0 Å². The van der Waals surface area contributed by atoms with Crippen molar-refractivity contribution in [2.24, 2.45) is 0 Å². The van der Waals surface area contributed by atoms with Gasteiger partial charge in [-0.3, -0.25) is 14.5 Å². The van der Waals surface area contributed by atoms with Gasteiger partial charge in [-0.15, -0.1) is 0 Å². The maximum Gasteiger partial charge on any atom is 0.237 e. The van der Waals surface area contributed by atoms with Gasteiger partial charge in [0.15, 0.2) is 0 Å². The van der Waals surface area contributed by atoms with Crippen LogP contribution in [-0.2, 0) is 22.7 Å². The van der Waals surface area contributed by atoms with E-state index >= 15 is 0 Å². The summed E-state index contributed by atoms with van der Waals surface area (Å²) in [5, 5.41) is 7.11. The summed E-state index contributed by atoms with van der Waals surface area (Å²) < 4.78 is 7.70. The van der Waals surface area contributed by atoms with Crippen LogP contribution >= 0.6 is 0 Å². The summed E-state index contributed by atoms with van der Waals surface area (Å²) in [7, 11) is 0. The molecule has 0 spiro atoms. The molecular formula is C26H32N4O3. The van der Waals surface area contributed by atoms with E-state index in [0.29, 0.717) is 26.2 Å². The largest absolute Gasteiger partial charge is 0.494 e. The Hall–Kier alpha value is -3.32. The number of hydrogen-bond acceptors (Lipinski definition) is 4. The first-order chi connectivity index (χ1) is 16.1. The highest BCUT2D eigenvalue weighted by atomic mass is 16.5. The quantitative estimate of drug-likeness (QED) is 0.468. The summed E-state index contributed by atoms with van der Waals surface area (Å²) in [5.74, 6) is 0.661. The van der Waals surface area contributed by atoms with Crippen molar-refractivity contribution in [3.63, 3.8) is 0 Å². The number of amides is 2. The highest BCUT2D eigenvalue weighted by molar-refractivity contribution is 5.88. The number of ether oxygens (including phenoxy) is 1. The van der Waals surface area contributed by atoms with Crippen molar-refractivity contribution >= 4 is 22.7 Å². The van der Waals surface area contributed by atoms with Gasteiger partial charge in [0, 0.05) is 44.4 Å². The lowest BCUT2D eigenvalue weighted by molar-refractivity contribution is -0.134. The highest BCUT2D eigenvalue weighted by Crippen LogP contribution is 2.18. The molecule has 2 aromatic carbocycles. The zero-order valence-electron chi connectivity index (χ0n) is 19.1. The Balaban J connectivity index is 1.27. The van der Waals surface area contributed by atoms with Crippen molar-refractivity contribution in [3.8, 4) is 5.75 Å². The van der Waals surface area contributed by atoms with Gasteiger partial charge < -0.3 is 19.9 Å². The van der Waals surface area contributed by atoms with Gasteiger partial charge in [0.2, 0.25) is 11.8 Å². The van der Waals surface area contributed by atoms with E-state index in [9.17, 15) is 9.59 Å². The molecule has 0 saturated carbocycles. The Bertz CT molecular complexity index is 1080. The summed E-state index contributed by atoms with van der Waals surface area (Å²) in [4.78, 5) is 27.2. The van der Waals surface area contributed by atoms with Crippen molar-refractivity contribution in [3.05, 3.63) is 66.4 Å². The Morgan fingerprint density at radius 2 is 1.97 bits per heavy atom. The Labute approximate surface area is 194 Å². The Morgan fingerprint density at radius 1 is 1.15 bits per heavy atom. The van der Waals surface area contributed by atoms with Crippen LogP contribution in [0.25, 0.3) is 10.9 Å². The number of aromatic nitrogens is 1. The number of rotatable bonds is 10. The molecule has 1 fully saturated rings. The predicted molar refractivity (Wildman–Crippen MR) is 129 cm³/mol. The van der Waals surface area contributed by atoms with Gasteiger partial charge in [0.1, 0.15) is 5.75 Å². The monoisotopic (exact) mass is 448 g/mol. The first kappa shape index (κ1) is 22.9. The molecule has 7 nitrogen and oxygen atoms in total. The van der Waals surface area contributed by atoms with Gasteiger partial charge in [0.25, 0.3) is 0 Å². The summed E-state index contributed by atoms with van der Waals surface area (Å²) in [6.45, 7) is 5.94. The molecule has 0 bridgehead atoms. The second-order valence-corrected chi connectivity index (χ2v) is 8.33. The lowest BCUT2D eigenvalue weighted by Crippen LogP contribution is -2.56. The second-order valence-electron chi connectivity index (χ2n) is 8.33. The third-order valence-electron chi connectivity index (χ3n) is 6.02. The molecule has 174 valence electrons. The zero-order chi connectivity index (χ0) is 23.0. The molecule has 1 aliphatic heterocycles. The normalized spacial score (nSPS) is 16.5. The average Bonchev–Trinajstić information content (AvgIpc) is 3.24. The molecule has 0 aliphatic carbocycles. The molecule has 1 aromatic heterocycles. The van der Waals surface area contributed by atoms with Crippen molar-refractivity contribution < 1.29 is 14.3 Å². The molecule has 1 unspecified atom stereocenters. The number of carbonyl (C=O) groups is 2. The summed E-state index contributed by atoms with van der Waals surface area (Å²) in [5.41, 5.74) is 2.30. The van der Waals surface area contributed by atoms with Crippen molar-refractivity contribution in [2.45, 2.75) is 38.9 Å². The molecule has 4 rings (SSSR count). The minimum absolute atomic E-state index is 0.0823. The number of hydrogen-bond donors (Lipinski definition) is 2. The molecule has 2 N–H and O–H groups in total. The van der Waals surface area contributed by atoms with Crippen LogP contribution in [0.1, 0.15) is 25.3 Å². The Morgan fingerprint density at radius 3 is 2.79 bits per heavy atom. The van der Waals surface area contributed by atoms with E-state index in [-0.39, 0.29) is 18.2 Å². The van der Waals surface area contributed by atoms with Crippen LogP contribution in [0.4, 0.5) is 0 Å². The number of nitrogens with zero attached hydrogens (tertiary/aromatic N) is 2. The first-order valence-electron chi connectivity index (χ1n) is 11.7. The van der Waals surface area contributed by atoms with E-state index < -0.39 is 6.04 Å². The molecule has 0 radical (unpaired) electrons. The van der Waals surface area contributed by atoms with Crippen molar-refractivity contribution in [2.75, 3.05) is 26.2 Å². The fourth-order valence-electron chi connectivity index (χ4n) is 4.33. The third-order valence-corrected chi connectivity index (χ3v) is 6.02. The highest BCUT2D eigenvalue weighted by Gasteiger charge is 2.31. The summed E-state index contributed by atoms with van der Waals surface area (Å²) in [6, 6.07) is 17.8. The van der Waals surface area contributed by atoms with Gasteiger partial charge in [-0.05, 0) is 48.6 Å². The molecule has 1 aliphatic rings. The van der Waals surface area contributed by atoms with Gasteiger partial charge >= 0.3 is 0 Å². The molecule has 7 heteroatoms. The lowest BCUT2D eigenvalue weighted by Gasteiger charge is -2.34. The van der Waals surface area contributed by atoms with E-state index in [1.807, 2.05) is 43.3 Å². The van der Waals surface area contributed by atoms with Crippen LogP contribution in [0.2, 0.25) is 0 Å². The average molecular weight is 449 g/mol. The van der Waals surface area contributed by atoms with Crippen LogP contribution in [0.5, 0.6) is 5.75 Å². The van der Waals surface area contributed by atoms with Gasteiger partial charge in [-0.2, -0.15) is 0 Å². The zero-order valence-corrected chi connectivity index (χ0v) is 19.1. The van der Waals surface area contributed by atoms with E-state index in [2.05, 4.69) is 44.5 Å². The summed E-state index contributed by atoms with van der Waals surface area (Å²) in [6.07, 6.45) is 3.07. The number of nitrogens with one attached hydrogen (secondary N) is 2. The first-order valence-corrected chi connectivity index (χ1v) is 11.7. The molecule has 33 heavy (non-hydrogen) atoms. The van der Waals surface area contributed by atoms with Crippen molar-refractivity contribution in [1.29, 1.82) is 0 Å². The number of carbonyl (C=O) groups excluding carboxylic acids is 2. The third kappa shape index (κ3) is 5.93. The van der Waals surface area contributed by atoms with Crippen LogP contribution in [-0.4, -0.2) is 53.6 Å². The predicted octanol–water partition coefficient (Wildman–Crippen LogP) is 2.94. The SMILES string of the molecule is CCOc1ccc(CN2CCNC(=O)C2CC(=O)NCCCn2ccc3ccccc32)cc1. The summed E-state index contributed by atoms with van der Waals surface area (Å²) >= 11 is 0. The smallest absolute Gasteiger partial charge is 0.237 e. The standard InChI is InChI=1S/C26H32N4O3/c1-2-33-22-10-8-20(9-11-22)19-30-17-14-28-26(32)24(30)18-25(31)27-13-5-15-29-16-12-21-6-3-4-7-23(21)29/h3-4,6-12,16,24H,2,5,13-15,17-19H2,1H3,(H,27,31)(H,28,32). The molecule has 1 saturated heterocycles. The second kappa shape index (κ2) is 11.0. The number of fused-ring (bicyclic) bond motifs is 1. The molecule has 2 heterocycles. The molecule has 2 amide bonds. The van der Waals surface area contributed by atoms with Crippen LogP contribution in [0.3, 0.4) is 0 Å². The number of benzene rings is 2. The Kier molecular flexibility index (Phi) is 7.62. The van der Waals surface area contributed by atoms with E-state index in [1.165, 1.54) is 10.9 Å². The van der Waals surface area contributed by atoms with Crippen molar-refractivity contribution in [1.82, 2.24) is 20.1 Å². The maximum absolute atomic E-state index is 12.6. The topological polar surface area (TPSA) is 75.6 Å². The van der Waals surface area contributed by atoms with Crippen LogP contribution in [0.15, 0.2) is 60.8 Å². The number of aryl methyl sites for hydroxylation is 1. The van der Waals surface area contributed by atoms with Gasteiger partial charge in [-0.1, -0.05) is 30.3 Å². The van der Waals surface area contributed by atoms with E-state index in [4.69, 9.17) is 4.74 Å². The molecule has 1 atom stereocenters. The van der Waals surface area contributed by atoms with Crippen LogP contribution < -0.4 is 15.4 Å². The number of para-hydroxylation sites is 1. The van der Waals surface area contributed by atoms with E-state index in [1.54, 1.807) is 0 Å². The van der Waals surface area contributed by atoms with E-state index in [0.717, 1.165) is 30.8 Å². The van der Waals surface area contributed by atoms with Gasteiger partial charge in [0.05, 0.1) is 19.1 Å². The minimum Gasteiger partial charge on any atom is -0.494 e.